The zero-order chi connectivity index (χ0) is 13.8. The van der Waals surface area contributed by atoms with Gasteiger partial charge in [0, 0.05) is 5.75 Å². The van der Waals surface area contributed by atoms with Crippen LogP contribution in [0.25, 0.3) is 0 Å². The fourth-order valence-electron chi connectivity index (χ4n) is 1.50. The summed E-state index contributed by atoms with van der Waals surface area (Å²) in [6, 6.07) is 8.13. The number of carbonyl (C=O) groups is 2. The summed E-state index contributed by atoms with van der Waals surface area (Å²) in [5, 5.41) is 19.0. The number of aliphatic hydroxyl groups excluding tert-OH is 1. The van der Waals surface area contributed by atoms with Gasteiger partial charge in [-0.3, -0.25) is 4.79 Å². The molecule has 2 unspecified atom stereocenters. The average molecular weight is 269 g/mol. The number of thioether (sulfide) groups is 1. The van der Waals surface area contributed by atoms with Crippen molar-refractivity contribution in [2.75, 3.05) is 12.0 Å². The van der Waals surface area contributed by atoms with Crippen LogP contribution in [0.1, 0.15) is 11.7 Å². The van der Waals surface area contributed by atoms with Crippen molar-refractivity contribution in [2.45, 2.75) is 11.6 Å². The molecule has 0 bridgehead atoms. The average Bonchev–Trinajstić information content (AvgIpc) is 2.38. The summed E-state index contributed by atoms with van der Waals surface area (Å²) in [5.41, 5.74) is 3.86. The second-order valence-corrected chi connectivity index (χ2v) is 4.75. The van der Waals surface area contributed by atoms with Crippen molar-refractivity contribution >= 4 is 23.5 Å². The van der Waals surface area contributed by atoms with Gasteiger partial charge in [-0.2, -0.15) is 11.8 Å². The van der Waals surface area contributed by atoms with Crippen LogP contribution in [0.3, 0.4) is 0 Å². The van der Waals surface area contributed by atoms with Crippen LogP contribution in [0.5, 0.6) is 0 Å². The fourth-order valence-corrected chi connectivity index (χ4v) is 2.22. The van der Waals surface area contributed by atoms with E-state index >= 15 is 0 Å². The lowest BCUT2D eigenvalue weighted by atomic mass is 9.90. The van der Waals surface area contributed by atoms with E-state index in [2.05, 4.69) is 0 Å². The zero-order valence-corrected chi connectivity index (χ0v) is 10.7. The molecule has 0 saturated carbocycles. The number of hydrogen-bond donors (Lipinski definition) is 3. The quantitative estimate of drug-likeness (QED) is 0.648. The van der Waals surface area contributed by atoms with Crippen LogP contribution in [-0.4, -0.2) is 39.5 Å². The lowest BCUT2D eigenvalue weighted by Crippen LogP contribution is -2.58. The van der Waals surface area contributed by atoms with Gasteiger partial charge in [0.15, 0.2) is 11.3 Å². The molecule has 0 radical (unpaired) electrons. The summed E-state index contributed by atoms with van der Waals surface area (Å²) < 4.78 is 0. The summed E-state index contributed by atoms with van der Waals surface area (Å²) in [6.45, 7) is 0. The maximum atomic E-state index is 12.0. The van der Waals surface area contributed by atoms with Crippen LogP contribution < -0.4 is 5.73 Å². The largest absolute Gasteiger partial charge is 0.480 e. The molecule has 18 heavy (non-hydrogen) atoms. The van der Waals surface area contributed by atoms with E-state index < -0.39 is 23.4 Å². The third-order valence-electron chi connectivity index (χ3n) is 2.56. The van der Waals surface area contributed by atoms with Crippen LogP contribution in [0, 0.1) is 0 Å². The molecule has 0 spiro atoms. The van der Waals surface area contributed by atoms with Crippen molar-refractivity contribution in [3.05, 3.63) is 35.9 Å². The molecule has 6 heteroatoms. The molecule has 4 N–H and O–H groups in total. The van der Waals surface area contributed by atoms with Crippen LogP contribution in [-0.2, 0) is 9.59 Å². The second-order valence-electron chi connectivity index (χ2n) is 3.89. The molecule has 98 valence electrons. The van der Waals surface area contributed by atoms with E-state index in [1.54, 1.807) is 36.6 Å². The summed E-state index contributed by atoms with van der Waals surface area (Å²) in [5.74, 6) is -2.43. The highest BCUT2D eigenvalue weighted by Crippen LogP contribution is 2.21. The third-order valence-corrected chi connectivity index (χ3v) is 3.30. The van der Waals surface area contributed by atoms with E-state index in [0.717, 1.165) is 11.8 Å². The molecule has 0 aliphatic carbocycles. The maximum absolute atomic E-state index is 12.0. The number of rotatable bonds is 6. The number of Topliss-reactive ketones (excluding diaryl/α,β-unsaturated/α-hetero) is 1. The first-order chi connectivity index (χ1) is 8.43. The Morgan fingerprint density at radius 3 is 2.39 bits per heavy atom. The number of nitrogens with two attached hydrogens (primary N) is 1. The molecule has 2 atom stereocenters. The number of carboxylic acid groups (broad SMARTS) is 1. The number of carbonyl (C=O) groups excluding carboxylic acids is 1. The number of aliphatic carboxylic acids is 1. The van der Waals surface area contributed by atoms with Crippen LogP contribution >= 0.6 is 11.8 Å². The summed E-state index contributed by atoms with van der Waals surface area (Å²) in [6.07, 6.45) is 0.117. The molecule has 0 aliphatic rings. The van der Waals surface area contributed by atoms with Gasteiger partial charge in [-0.05, 0) is 11.8 Å². The normalized spacial score (nSPS) is 15.7. The molecule has 0 amide bonds. The number of benzene rings is 1. The Morgan fingerprint density at radius 1 is 1.39 bits per heavy atom. The lowest BCUT2D eigenvalue weighted by Gasteiger charge is -2.25. The molecule has 5 nitrogen and oxygen atoms in total. The monoisotopic (exact) mass is 269 g/mol. The first kappa shape index (κ1) is 14.7. The van der Waals surface area contributed by atoms with Crippen LogP contribution in [0.15, 0.2) is 30.3 Å². The minimum atomic E-state index is -2.07. The number of carboxylic acids is 1. The molecular formula is C12H15NO4S. The van der Waals surface area contributed by atoms with Crippen LogP contribution in [0.2, 0.25) is 0 Å². The Balaban J connectivity index is 3.01. The topological polar surface area (TPSA) is 101 Å². The van der Waals surface area contributed by atoms with E-state index in [1.807, 2.05) is 0 Å². The smallest absolute Gasteiger partial charge is 0.332 e. The molecule has 0 aromatic heterocycles. The Hall–Kier alpha value is -1.37. The van der Waals surface area contributed by atoms with Gasteiger partial charge in [0.05, 0.1) is 0 Å². The third kappa shape index (κ3) is 2.90. The Morgan fingerprint density at radius 2 is 1.94 bits per heavy atom. The van der Waals surface area contributed by atoms with E-state index in [4.69, 9.17) is 10.8 Å². The Kier molecular flexibility index (Phi) is 4.89. The van der Waals surface area contributed by atoms with Crippen molar-refractivity contribution in [1.82, 2.24) is 0 Å². The Bertz CT molecular complexity index is 437. The second kappa shape index (κ2) is 5.99. The highest BCUT2D eigenvalue weighted by atomic mass is 32.2. The molecule has 0 aliphatic heterocycles. The van der Waals surface area contributed by atoms with Gasteiger partial charge in [0.2, 0.25) is 0 Å². The minimum absolute atomic E-state index is 0.0922. The number of hydrogen-bond acceptors (Lipinski definition) is 5. The van der Waals surface area contributed by atoms with Gasteiger partial charge in [0.25, 0.3) is 0 Å². The summed E-state index contributed by atoms with van der Waals surface area (Å²) in [4.78, 5) is 23.1. The van der Waals surface area contributed by atoms with Crippen molar-refractivity contribution < 1.29 is 19.8 Å². The SMILES string of the molecule is CSCC(N)(C(=O)O)C(=O)C(O)c1ccccc1. The summed E-state index contributed by atoms with van der Waals surface area (Å²) >= 11 is 1.14. The number of ketones is 1. The Labute approximate surface area is 109 Å². The maximum Gasteiger partial charge on any atom is 0.332 e. The fraction of sp³-hybridized carbons (Fsp3) is 0.333. The first-order valence-corrected chi connectivity index (χ1v) is 6.61. The van der Waals surface area contributed by atoms with Gasteiger partial charge >= 0.3 is 5.97 Å². The summed E-state index contributed by atoms with van der Waals surface area (Å²) in [7, 11) is 0. The predicted octanol–water partition coefficient (Wildman–Crippen LogP) is 0.434. The molecule has 0 heterocycles. The minimum Gasteiger partial charge on any atom is -0.480 e. The molecule has 1 aromatic carbocycles. The van der Waals surface area contributed by atoms with Gasteiger partial charge in [-0.1, -0.05) is 30.3 Å². The molecule has 1 aromatic rings. The van der Waals surface area contributed by atoms with E-state index in [1.165, 1.54) is 0 Å². The van der Waals surface area contributed by atoms with E-state index in [0.29, 0.717) is 5.56 Å². The number of aliphatic hydroxyl groups is 1. The van der Waals surface area contributed by atoms with Crippen molar-refractivity contribution in [3.63, 3.8) is 0 Å². The highest BCUT2D eigenvalue weighted by molar-refractivity contribution is 7.98. The van der Waals surface area contributed by atoms with E-state index in [9.17, 15) is 14.7 Å². The van der Waals surface area contributed by atoms with Crippen molar-refractivity contribution in [3.8, 4) is 0 Å². The van der Waals surface area contributed by atoms with Crippen molar-refractivity contribution in [1.29, 1.82) is 0 Å². The highest BCUT2D eigenvalue weighted by Gasteiger charge is 2.45. The van der Waals surface area contributed by atoms with Gasteiger partial charge < -0.3 is 15.9 Å². The van der Waals surface area contributed by atoms with Gasteiger partial charge in [-0.25, -0.2) is 4.79 Å². The van der Waals surface area contributed by atoms with Gasteiger partial charge in [0.1, 0.15) is 6.10 Å². The first-order valence-electron chi connectivity index (χ1n) is 5.22. The molecule has 0 saturated heterocycles. The molecular weight excluding hydrogens is 254 g/mol. The van der Waals surface area contributed by atoms with Crippen LogP contribution in [0.4, 0.5) is 0 Å². The van der Waals surface area contributed by atoms with Crippen molar-refractivity contribution in [2.24, 2.45) is 5.73 Å². The predicted molar refractivity (Wildman–Crippen MR) is 69.3 cm³/mol. The lowest BCUT2D eigenvalue weighted by molar-refractivity contribution is -0.150. The standard InChI is InChI=1S/C12H15NO4S/c1-18-7-12(13,11(16)17)10(15)9(14)8-5-3-2-4-6-8/h2-6,9,14H,7,13H2,1H3,(H,16,17). The molecule has 0 fully saturated rings. The van der Waals surface area contributed by atoms with Gasteiger partial charge in [-0.15, -0.1) is 0 Å². The molecule has 1 rings (SSSR count). The zero-order valence-electron chi connectivity index (χ0n) is 9.87. The van der Waals surface area contributed by atoms with E-state index in [-0.39, 0.29) is 5.75 Å².